The van der Waals surface area contributed by atoms with Crippen LogP contribution in [-0.2, 0) is 0 Å². The van der Waals surface area contributed by atoms with Crippen molar-refractivity contribution in [2.24, 2.45) is 0 Å². The Kier molecular flexibility index (Phi) is 4.88. The molecule has 0 radical (unpaired) electrons. The summed E-state index contributed by atoms with van der Waals surface area (Å²) in [5.74, 6) is 1.36. The maximum Gasteiger partial charge on any atom is 0.290 e. The van der Waals surface area contributed by atoms with Crippen molar-refractivity contribution in [2.75, 3.05) is 6.54 Å². The molecule has 1 amide bonds. The fourth-order valence-corrected chi connectivity index (χ4v) is 3.77. The standard InChI is InChI=1S/C18H17Cl2N5O2/c1-11-5-6-16(27-11)18(26)24-7-3-2-4-15(24)17-21-23-25(22-17)14-9-12(19)8-13(20)10-14/h5-6,8-10,15H,2-4,7H2,1H3. The van der Waals surface area contributed by atoms with Gasteiger partial charge in [-0.25, -0.2) is 0 Å². The van der Waals surface area contributed by atoms with Crippen molar-refractivity contribution >= 4 is 29.1 Å². The van der Waals surface area contributed by atoms with Crippen LogP contribution >= 0.6 is 23.2 Å². The first-order valence-corrected chi connectivity index (χ1v) is 9.40. The van der Waals surface area contributed by atoms with E-state index in [0.29, 0.717) is 39.6 Å². The van der Waals surface area contributed by atoms with E-state index in [1.165, 1.54) is 4.80 Å². The third kappa shape index (κ3) is 3.70. The van der Waals surface area contributed by atoms with Gasteiger partial charge in [0.05, 0.1) is 11.7 Å². The minimum Gasteiger partial charge on any atom is -0.456 e. The van der Waals surface area contributed by atoms with Crippen LogP contribution in [0.4, 0.5) is 0 Å². The maximum atomic E-state index is 12.9. The number of halogens is 2. The van der Waals surface area contributed by atoms with Gasteiger partial charge < -0.3 is 9.32 Å². The van der Waals surface area contributed by atoms with Gasteiger partial charge in [0.1, 0.15) is 5.76 Å². The molecule has 3 aromatic rings. The third-order valence-electron chi connectivity index (χ3n) is 4.52. The highest BCUT2D eigenvalue weighted by atomic mass is 35.5. The summed E-state index contributed by atoms with van der Waals surface area (Å²) in [6.45, 7) is 2.44. The summed E-state index contributed by atoms with van der Waals surface area (Å²) in [4.78, 5) is 16.0. The summed E-state index contributed by atoms with van der Waals surface area (Å²) in [7, 11) is 0. The molecule has 1 saturated heterocycles. The van der Waals surface area contributed by atoms with Gasteiger partial charge in [0.15, 0.2) is 11.6 Å². The second kappa shape index (κ2) is 7.32. The molecule has 0 N–H and O–H groups in total. The molecule has 7 nitrogen and oxygen atoms in total. The number of carbonyl (C=O) groups is 1. The van der Waals surface area contributed by atoms with E-state index >= 15 is 0 Å². The van der Waals surface area contributed by atoms with E-state index in [4.69, 9.17) is 27.6 Å². The van der Waals surface area contributed by atoms with Gasteiger partial charge in [-0.2, -0.15) is 0 Å². The lowest BCUT2D eigenvalue weighted by Crippen LogP contribution is -2.39. The van der Waals surface area contributed by atoms with Crippen LogP contribution < -0.4 is 0 Å². The number of piperidine rings is 1. The summed E-state index contributed by atoms with van der Waals surface area (Å²) in [6, 6.07) is 8.27. The third-order valence-corrected chi connectivity index (χ3v) is 4.96. The van der Waals surface area contributed by atoms with Crippen LogP contribution in [0.2, 0.25) is 10.0 Å². The number of hydrogen-bond donors (Lipinski definition) is 0. The molecule has 140 valence electrons. The zero-order chi connectivity index (χ0) is 19.0. The summed E-state index contributed by atoms with van der Waals surface area (Å²) in [6.07, 6.45) is 2.69. The van der Waals surface area contributed by atoms with Crippen molar-refractivity contribution in [3.63, 3.8) is 0 Å². The fraction of sp³-hybridized carbons (Fsp3) is 0.333. The van der Waals surface area contributed by atoms with Crippen molar-refractivity contribution in [3.05, 3.63) is 57.7 Å². The normalized spacial score (nSPS) is 17.3. The van der Waals surface area contributed by atoms with E-state index in [0.717, 1.165) is 19.3 Å². The molecule has 1 fully saturated rings. The van der Waals surface area contributed by atoms with Crippen molar-refractivity contribution in [1.29, 1.82) is 0 Å². The van der Waals surface area contributed by atoms with Crippen LogP contribution in [0.5, 0.6) is 0 Å². The van der Waals surface area contributed by atoms with Crippen LogP contribution in [0.15, 0.2) is 34.7 Å². The molecule has 1 aromatic carbocycles. The van der Waals surface area contributed by atoms with E-state index in [1.54, 1.807) is 35.2 Å². The number of tetrazole rings is 1. The highest BCUT2D eigenvalue weighted by molar-refractivity contribution is 6.34. The van der Waals surface area contributed by atoms with E-state index < -0.39 is 0 Å². The number of benzene rings is 1. The van der Waals surface area contributed by atoms with Gasteiger partial charge in [0.25, 0.3) is 5.91 Å². The van der Waals surface area contributed by atoms with Gasteiger partial charge in [-0.05, 0) is 61.7 Å². The monoisotopic (exact) mass is 405 g/mol. The van der Waals surface area contributed by atoms with Gasteiger partial charge in [0.2, 0.25) is 0 Å². The molecule has 9 heteroatoms. The second-order valence-corrected chi connectivity index (χ2v) is 7.36. The molecular formula is C18H17Cl2N5O2. The van der Waals surface area contributed by atoms with Crippen LogP contribution in [0.3, 0.4) is 0 Å². The lowest BCUT2D eigenvalue weighted by atomic mass is 10.0. The number of hydrogen-bond acceptors (Lipinski definition) is 5. The number of rotatable bonds is 3. The molecule has 0 aliphatic carbocycles. The first kappa shape index (κ1) is 18.0. The predicted octanol–water partition coefficient (Wildman–Crippen LogP) is 4.24. The van der Waals surface area contributed by atoms with Gasteiger partial charge in [-0.3, -0.25) is 4.79 Å². The Balaban J connectivity index is 1.63. The van der Waals surface area contributed by atoms with Crippen LogP contribution in [0, 0.1) is 6.92 Å². The second-order valence-electron chi connectivity index (χ2n) is 6.49. The van der Waals surface area contributed by atoms with Gasteiger partial charge in [-0.15, -0.1) is 15.0 Å². The Hall–Kier alpha value is -2.38. The summed E-state index contributed by atoms with van der Waals surface area (Å²) in [5, 5.41) is 13.7. The lowest BCUT2D eigenvalue weighted by Gasteiger charge is -2.33. The lowest BCUT2D eigenvalue weighted by molar-refractivity contribution is 0.0566. The quantitative estimate of drug-likeness (QED) is 0.650. The van der Waals surface area contributed by atoms with E-state index in [2.05, 4.69) is 15.4 Å². The zero-order valence-electron chi connectivity index (χ0n) is 14.6. The van der Waals surface area contributed by atoms with Gasteiger partial charge in [-0.1, -0.05) is 23.2 Å². The predicted molar refractivity (Wildman–Crippen MR) is 100 cm³/mol. The minimum absolute atomic E-state index is 0.157. The smallest absolute Gasteiger partial charge is 0.290 e. The molecule has 2 aromatic heterocycles. The molecule has 27 heavy (non-hydrogen) atoms. The number of likely N-dealkylation sites (tertiary alicyclic amines) is 1. The average molecular weight is 406 g/mol. The van der Waals surface area contributed by atoms with Gasteiger partial charge in [0, 0.05) is 16.6 Å². The van der Waals surface area contributed by atoms with Crippen molar-refractivity contribution in [2.45, 2.75) is 32.2 Å². The number of amides is 1. The van der Waals surface area contributed by atoms with E-state index in [9.17, 15) is 4.79 Å². The highest BCUT2D eigenvalue weighted by Gasteiger charge is 2.33. The Morgan fingerprint density at radius 2 is 1.96 bits per heavy atom. The molecule has 1 atom stereocenters. The molecule has 1 aliphatic heterocycles. The number of aromatic nitrogens is 4. The largest absolute Gasteiger partial charge is 0.456 e. The molecule has 3 heterocycles. The Labute approximate surface area is 165 Å². The first-order valence-electron chi connectivity index (χ1n) is 8.65. The van der Waals surface area contributed by atoms with Crippen LogP contribution in [-0.4, -0.2) is 37.6 Å². The number of furan rings is 1. The number of aryl methyl sites for hydroxylation is 1. The van der Waals surface area contributed by atoms with Crippen molar-refractivity contribution < 1.29 is 9.21 Å². The summed E-state index contributed by atoms with van der Waals surface area (Å²) >= 11 is 12.1. The molecular weight excluding hydrogens is 389 g/mol. The minimum atomic E-state index is -0.250. The molecule has 0 bridgehead atoms. The molecule has 4 rings (SSSR count). The summed E-state index contributed by atoms with van der Waals surface area (Å²) in [5.41, 5.74) is 0.613. The maximum absolute atomic E-state index is 12.9. The molecule has 0 saturated carbocycles. The van der Waals surface area contributed by atoms with Crippen LogP contribution in [0.1, 0.15) is 47.4 Å². The van der Waals surface area contributed by atoms with Crippen LogP contribution in [0.25, 0.3) is 5.69 Å². The fourth-order valence-electron chi connectivity index (χ4n) is 3.26. The highest BCUT2D eigenvalue weighted by Crippen LogP contribution is 2.30. The molecule has 0 spiro atoms. The Morgan fingerprint density at radius 3 is 2.67 bits per heavy atom. The van der Waals surface area contributed by atoms with Crippen molar-refractivity contribution in [1.82, 2.24) is 25.1 Å². The van der Waals surface area contributed by atoms with E-state index in [-0.39, 0.29) is 11.9 Å². The topological polar surface area (TPSA) is 77.1 Å². The average Bonchev–Trinajstić information content (AvgIpc) is 3.29. The number of carbonyl (C=O) groups excluding carboxylic acids is 1. The summed E-state index contributed by atoms with van der Waals surface area (Å²) < 4.78 is 5.50. The Bertz CT molecular complexity index is 964. The van der Waals surface area contributed by atoms with Gasteiger partial charge >= 0.3 is 0 Å². The molecule has 1 aliphatic rings. The molecule has 1 unspecified atom stereocenters. The van der Waals surface area contributed by atoms with E-state index in [1.807, 2.05) is 6.92 Å². The van der Waals surface area contributed by atoms with Crippen molar-refractivity contribution in [3.8, 4) is 5.69 Å². The Morgan fingerprint density at radius 1 is 1.19 bits per heavy atom. The number of nitrogens with zero attached hydrogens (tertiary/aromatic N) is 5. The SMILES string of the molecule is Cc1ccc(C(=O)N2CCCCC2c2nnn(-c3cc(Cl)cc(Cl)c3)n2)o1. The first-order chi connectivity index (χ1) is 13.0. The zero-order valence-corrected chi connectivity index (χ0v) is 16.1.